The van der Waals surface area contributed by atoms with Gasteiger partial charge in [0.05, 0.1) is 12.9 Å². The number of hydrogen-bond donors (Lipinski definition) is 3. The van der Waals surface area contributed by atoms with Gasteiger partial charge in [-0.1, -0.05) is 24.3 Å². The van der Waals surface area contributed by atoms with Crippen molar-refractivity contribution in [2.45, 2.75) is 13.2 Å². The van der Waals surface area contributed by atoms with Crippen LogP contribution >= 0.6 is 0 Å². The fourth-order valence-corrected chi connectivity index (χ4v) is 1.76. The van der Waals surface area contributed by atoms with E-state index >= 15 is 0 Å². The monoisotopic (exact) mass is 260 g/mol. The van der Waals surface area contributed by atoms with E-state index in [-0.39, 0.29) is 11.2 Å². The Morgan fingerprint density at radius 3 is 2.84 bits per heavy atom. The van der Waals surface area contributed by atoms with Crippen LogP contribution in [0.4, 0.5) is 11.5 Å². The van der Waals surface area contributed by atoms with Gasteiger partial charge >= 0.3 is 0 Å². The lowest BCUT2D eigenvalue weighted by Crippen LogP contribution is -2.16. The van der Waals surface area contributed by atoms with Crippen molar-refractivity contribution >= 4 is 11.5 Å². The maximum Gasteiger partial charge on any atom is 0.276 e. The molecule has 2 aromatic rings. The summed E-state index contributed by atoms with van der Waals surface area (Å²) in [5.74, 6) is 0.385. The van der Waals surface area contributed by atoms with Gasteiger partial charge in [-0.2, -0.15) is 0 Å². The smallest absolute Gasteiger partial charge is 0.276 e. The number of nitrogens with zero attached hydrogens (tertiary/aromatic N) is 1. The van der Waals surface area contributed by atoms with Crippen molar-refractivity contribution in [3.63, 3.8) is 0 Å². The van der Waals surface area contributed by atoms with E-state index in [2.05, 4.69) is 15.3 Å². The van der Waals surface area contributed by atoms with Crippen molar-refractivity contribution in [1.29, 1.82) is 0 Å². The van der Waals surface area contributed by atoms with Crippen LogP contribution in [0.25, 0.3) is 0 Å². The van der Waals surface area contributed by atoms with E-state index in [0.29, 0.717) is 19.0 Å². The molecule has 6 nitrogen and oxygen atoms in total. The second-order valence-electron chi connectivity index (χ2n) is 4.05. The van der Waals surface area contributed by atoms with Gasteiger partial charge < -0.3 is 20.8 Å². The molecule has 0 bridgehead atoms. The summed E-state index contributed by atoms with van der Waals surface area (Å²) in [5, 5.41) is 3.06. The number of benzene rings is 1. The van der Waals surface area contributed by atoms with E-state index in [9.17, 15) is 4.79 Å². The minimum Gasteiger partial charge on any atom is -0.391 e. The molecule has 1 aromatic carbocycles. The van der Waals surface area contributed by atoms with Gasteiger partial charge in [-0.25, -0.2) is 4.98 Å². The summed E-state index contributed by atoms with van der Waals surface area (Å²) in [5.41, 5.74) is 7.55. The fourth-order valence-electron chi connectivity index (χ4n) is 1.76. The van der Waals surface area contributed by atoms with Crippen molar-refractivity contribution in [3.8, 4) is 0 Å². The average Bonchev–Trinajstić information content (AvgIpc) is 2.42. The second-order valence-corrected chi connectivity index (χ2v) is 4.05. The highest BCUT2D eigenvalue weighted by Gasteiger charge is 2.06. The summed E-state index contributed by atoms with van der Waals surface area (Å²) >= 11 is 0. The highest BCUT2D eigenvalue weighted by molar-refractivity contribution is 5.59. The number of aromatic nitrogens is 2. The zero-order valence-corrected chi connectivity index (χ0v) is 10.6. The summed E-state index contributed by atoms with van der Waals surface area (Å²) in [6, 6.07) is 7.89. The van der Waals surface area contributed by atoms with Crippen LogP contribution in [0.2, 0.25) is 0 Å². The standard InChI is InChI=1S/C13H16N4O2/c1-19-7-10-5-3-2-4-9(10)6-15-12-11(14)13(18)17-8-16-12/h2-5,8H,6-7,14H2,1H3,(H2,15,16,17,18). The quantitative estimate of drug-likeness (QED) is 0.749. The molecule has 0 atom stereocenters. The highest BCUT2D eigenvalue weighted by Crippen LogP contribution is 2.14. The van der Waals surface area contributed by atoms with Gasteiger partial charge in [-0.05, 0) is 11.1 Å². The number of methoxy groups -OCH3 is 1. The first kappa shape index (κ1) is 13.1. The minimum absolute atomic E-state index is 0.0896. The summed E-state index contributed by atoms with van der Waals surface area (Å²) in [6.45, 7) is 1.07. The first-order valence-electron chi connectivity index (χ1n) is 5.85. The molecule has 1 heterocycles. The van der Waals surface area contributed by atoms with Crippen molar-refractivity contribution in [1.82, 2.24) is 9.97 Å². The normalized spacial score (nSPS) is 10.4. The fraction of sp³-hybridized carbons (Fsp3) is 0.231. The number of hydrogen-bond acceptors (Lipinski definition) is 5. The lowest BCUT2D eigenvalue weighted by atomic mass is 10.1. The second kappa shape index (κ2) is 6.01. The maximum absolute atomic E-state index is 11.3. The van der Waals surface area contributed by atoms with Crippen LogP contribution in [0.3, 0.4) is 0 Å². The maximum atomic E-state index is 11.3. The molecule has 0 radical (unpaired) electrons. The van der Waals surface area contributed by atoms with Gasteiger partial charge in [0.2, 0.25) is 0 Å². The van der Waals surface area contributed by atoms with Gasteiger partial charge in [0.1, 0.15) is 5.69 Å². The average molecular weight is 260 g/mol. The zero-order valence-electron chi connectivity index (χ0n) is 10.6. The number of H-pyrrole nitrogens is 1. The summed E-state index contributed by atoms with van der Waals surface area (Å²) < 4.78 is 5.14. The third-order valence-corrected chi connectivity index (χ3v) is 2.75. The van der Waals surface area contributed by atoms with Crippen LogP contribution in [-0.2, 0) is 17.9 Å². The van der Waals surface area contributed by atoms with Crippen molar-refractivity contribution in [3.05, 3.63) is 52.1 Å². The van der Waals surface area contributed by atoms with E-state index in [1.807, 2.05) is 24.3 Å². The zero-order chi connectivity index (χ0) is 13.7. The molecule has 0 aliphatic carbocycles. The molecule has 1 aromatic heterocycles. The molecule has 2 rings (SSSR count). The lowest BCUT2D eigenvalue weighted by Gasteiger charge is -2.11. The topological polar surface area (TPSA) is 93.0 Å². The van der Waals surface area contributed by atoms with Crippen LogP contribution in [-0.4, -0.2) is 17.1 Å². The molecule has 0 aliphatic heterocycles. The van der Waals surface area contributed by atoms with Gasteiger partial charge in [-0.15, -0.1) is 0 Å². The molecule has 0 amide bonds. The van der Waals surface area contributed by atoms with E-state index < -0.39 is 0 Å². The first-order chi connectivity index (χ1) is 9.22. The van der Waals surface area contributed by atoms with Crippen molar-refractivity contribution in [2.24, 2.45) is 0 Å². The van der Waals surface area contributed by atoms with Gasteiger partial charge in [0, 0.05) is 13.7 Å². The Hall–Kier alpha value is -2.34. The Bertz CT molecular complexity index is 610. The van der Waals surface area contributed by atoms with E-state index in [1.54, 1.807) is 7.11 Å². The van der Waals surface area contributed by atoms with Crippen LogP contribution in [0.15, 0.2) is 35.4 Å². The molecule has 0 unspecified atom stereocenters. The Balaban J connectivity index is 2.14. The molecule has 4 N–H and O–H groups in total. The molecule has 0 saturated carbocycles. The van der Waals surface area contributed by atoms with E-state index in [0.717, 1.165) is 11.1 Å². The molecule has 0 aliphatic rings. The number of rotatable bonds is 5. The van der Waals surface area contributed by atoms with Crippen LogP contribution < -0.4 is 16.6 Å². The molecular formula is C13H16N4O2. The summed E-state index contributed by atoms with van der Waals surface area (Å²) in [7, 11) is 1.65. The number of anilines is 2. The number of nitrogen functional groups attached to an aromatic ring is 1. The first-order valence-corrected chi connectivity index (χ1v) is 5.85. The van der Waals surface area contributed by atoms with Crippen LogP contribution in [0.5, 0.6) is 0 Å². The van der Waals surface area contributed by atoms with Gasteiger partial charge in [0.15, 0.2) is 5.82 Å². The largest absolute Gasteiger partial charge is 0.391 e. The molecule has 6 heteroatoms. The summed E-state index contributed by atoms with van der Waals surface area (Å²) in [6.07, 6.45) is 1.32. The Morgan fingerprint density at radius 1 is 1.37 bits per heavy atom. The third kappa shape index (κ3) is 3.11. The number of nitrogens with two attached hydrogens (primary N) is 1. The van der Waals surface area contributed by atoms with Crippen molar-refractivity contribution in [2.75, 3.05) is 18.2 Å². The molecule has 0 saturated heterocycles. The predicted octanol–water partition coefficient (Wildman–Crippen LogP) is 1.11. The SMILES string of the molecule is COCc1ccccc1CNc1nc[nH]c(=O)c1N. The number of nitrogens with one attached hydrogen (secondary N) is 2. The lowest BCUT2D eigenvalue weighted by molar-refractivity contribution is 0.184. The Morgan fingerprint density at radius 2 is 2.11 bits per heavy atom. The van der Waals surface area contributed by atoms with Crippen LogP contribution in [0.1, 0.15) is 11.1 Å². The molecular weight excluding hydrogens is 244 g/mol. The number of ether oxygens (including phenoxy) is 1. The molecule has 19 heavy (non-hydrogen) atoms. The molecule has 0 fully saturated rings. The van der Waals surface area contributed by atoms with E-state index in [4.69, 9.17) is 10.5 Å². The van der Waals surface area contributed by atoms with Crippen molar-refractivity contribution < 1.29 is 4.74 Å². The third-order valence-electron chi connectivity index (χ3n) is 2.75. The molecule has 0 spiro atoms. The minimum atomic E-state index is -0.345. The van der Waals surface area contributed by atoms with Gasteiger partial charge in [0.25, 0.3) is 5.56 Å². The van der Waals surface area contributed by atoms with Crippen LogP contribution in [0, 0.1) is 0 Å². The Labute approximate surface area is 110 Å². The Kier molecular flexibility index (Phi) is 4.15. The van der Waals surface area contributed by atoms with E-state index in [1.165, 1.54) is 6.33 Å². The number of aromatic amines is 1. The summed E-state index contributed by atoms with van der Waals surface area (Å²) in [4.78, 5) is 17.8. The predicted molar refractivity (Wildman–Crippen MR) is 73.8 cm³/mol. The molecule has 100 valence electrons. The van der Waals surface area contributed by atoms with Gasteiger partial charge in [-0.3, -0.25) is 4.79 Å². The highest BCUT2D eigenvalue weighted by atomic mass is 16.5.